The molecule has 2 aromatic heterocycles. The fourth-order valence-electron chi connectivity index (χ4n) is 3.22. The van der Waals surface area contributed by atoms with E-state index in [1.165, 1.54) is 4.68 Å². The van der Waals surface area contributed by atoms with Crippen LogP contribution < -0.4 is 10.5 Å². The number of amides is 1. The Kier molecular flexibility index (Phi) is 4.89. The normalized spacial score (nSPS) is 14.0. The molecule has 3 aromatic rings. The maximum atomic E-state index is 12.5. The van der Waals surface area contributed by atoms with E-state index in [0.717, 1.165) is 46.8 Å². The zero-order valence-corrected chi connectivity index (χ0v) is 16.0. The third kappa shape index (κ3) is 3.85. The predicted molar refractivity (Wildman–Crippen MR) is 106 cm³/mol. The highest BCUT2D eigenvalue weighted by Gasteiger charge is 2.16. The van der Waals surface area contributed by atoms with E-state index in [1.807, 2.05) is 24.3 Å². The van der Waals surface area contributed by atoms with Gasteiger partial charge in [-0.2, -0.15) is 5.10 Å². The number of hydrogen-bond donors (Lipinski definition) is 0. The van der Waals surface area contributed by atoms with E-state index < -0.39 is 0 Å². The van der Waals surface area contributed by atoms with E-state index in [2.05, 4.69) is 15.0 Å². The fraction of sp³-hybridized carbons (Fsp3) is 0.368. The minimum atomic E-state index is -0.249. The van der Waals surface area contributed by atoms with Crippen LogP contribution in [-0.4, -0.2) is 45.7 Å². The summed E-state index contributed by atoms with van der Waals surface area (Å²) in [5.41, 5.74) is 1.53. The molecular weight excluding hydrogens is 362 g/mol. The number of benzene rings is 1. The molecule has 1 aromatic carbocycles. The monoisotopic (exact) mass is 383 g/mol. The van der Waals surface area contributed by atoms with Crippen molar-refractivity contribution in [3.63, 3.8) is 0 Å². The van der Waals surface area contributed by atoms with Gasteiger partial charge in [-0.25, -0.2) is 9.67 Å². The minimum Gasteiger partial charge on any atom is -0.370 e. The molecule has 3 heterocycles. The van der Waals surface area contributed by atoms with Crippen molar-refractivity contribution in [3.8, 4) is 0 Å². The summed E-state index contributed by atoms with van der Waals surface area (Å²) in [7, 11) is 1.72. The van der Waals surface area contributed by atoms with Crippen LogP contribution in [0.2, 0.25) is 0 Å². The molecule has 27 heavy (non-hydrogen) atoms. The number of nitrogens with zero attached hydrogens (tertiary/aromatic N) is 5. The first kappa shape index (κ1) is 17.7. The largest absolute Gasteiger partial charge is 0.370 e. The standard InChI is InChI=1S/C19H21N5O2S/c1-22(12-17-21-15-6-2-3-7-16(15)27-17)19(26)13-24-18(25)10-14(11-20-24)23-8-4-5-9-23/h2-3,6-7,10-11H,4-5,8-9,12-13H2,1H3. The summed E-state index contributed by atoms with van der Waals surface area (Å²) in [6.07, 6.45) is 3.95. The van der Waals surface area contributed by atoms with Gasteiger partial charge in [0.2, 0.25) is 5.91 Å². The Bertz CT molecular complexity index is 989. The SMILES string of the molecule is CN(Cc1nc2ccccc2s1)C(=O)Cn1ncc(N2CCCC2)cc1=O. The molecule has 0 atom stereocenters. The molecule has 1 fully saturated rings. The lowest BCUT2D eigenvalue weighted by atomic mass is 10.3. The Morgan fingerprint density at radius 3 is 2.78 bits per heavy atom. The van der Waals surface area contributed by atoms with E-state index in [9.17, 15) is 9.59 Å². The summed E-state index contributed by atoms with van der Waals surface area (Å²) in [6.45, 7) is 2.25. The Morgan fingerprint density at radius 1 is 1.26 bits per heavy atom. The van der Waals surface area contributed by atoms with Crippen LogP contribution in [0.1, 0.15) is 17.8 Å². The van der Waals surface area contributed by atoms with Crippen LogP contribution in [0.4, 0.5) is 5.69 Å². The highest BCUT2D eigenvalue weighted by molar-refractivity contribution is 7.18. The van der Waals surface area contributed by atoms with E-state index in [0.29, 0.717) is 6.54 Å². The van der Waals surface area contributed by atoms with E-state index in [-0.39, 0.29) is 18.0 Å². The molecule has 8 heteroatoms. The molecule has 0 bridgehead atoms. The summed E-state index contributed by atoms with van der Waals surface area (Å²) in [5, 5.41) is 5.06. The predicted octanol–water partition coefficient (Wildman–Crippen LogP) is 2.11. The number of hydrogen-bond acceptors (Lipinski definition) is 6. The maximum absolute atomic E-state index is 12.5. The van der Waals surface area contributed by atoms with Gasteiger partial charge in [-0.3, -0.25) is 9.59 Å². The van der Waals surface area contributed by atoms with Crippen molar-refractivity contribution in [2.45, 2.75) is 25.9 Å². The van der Waals surface area contributed by atoms with Gasteiger partial charge >= 0.3 is 0 Å². The first-order chi connectivity index (χ1) is 13.1. The van der Waals surface area contributed by atoms with Crippen molar-refractivity contribution in [1.29, 1.82) is 0 Å². The number of anilines is 1. The van der Waals surface area contributed by atoms with Crippen LogP contribution in [-0.2, 0) is 17.9 Å². The second-order valence-corrected chi connectivity index (χ2v) is 7.84. The Hall–Kier alpha value is -2.74. The van der Waals surface area contributed by atoms with Crippen molar-refractivity contribution in [2.24, 2.45) is 0 Å². The molecule has 7 nitrogen and oxygen atoms in total. The third-order valence-corrected chi connectivity index (χ3v) is 5.77. The topological polar surface area (TPSA) is 71.3 Å². The van der Waals surface area contributed by atoms with Crippen molar-refractivity contribution >= 4 is 33.1 Å². The van der Waals surface area contributed by atoms with Gasteiger partial charge in [0.1, 0.15) is 11.6 Å². The summed E-state index contributed by atoms with van der Waals surface area (Å²) in [4.78, 5) is 33.1. The lowest BCUT2D eigenvalue weighted by Crippen LogP contribution is -2.35. The Morgan fingerprint density at radius 2 is 2.04 bits per heavy atom. The Balaban J connectivity index is 1.42. The molecular formula is C19H21N5O2S. The van der Waals surface area contributed by atoms with Crippen LogP contribution in [0.5, 0.6) is 0 Å². The van der Waals surface area contributed by atoms with Gasteiger partial charge in [0.15, 0.2) is 0 Å². The van der Waals surface area contributed by atoms with Crippen molar-refractivity contribution < 1.29 is 4.79 Å². The maximum Gasteiger partial charge on any atom is 0.269 e. The second kappa shape index (κ2) is 7.48. The molecule has 1 amide bonds. The molecule has 0 aliphatic carbocycles. The fourth-order valence-corrected chi connectivity index (χ4v) is 4.24. The van der Waals surface area contributed by atoms with Gasteiger partial charge in [-0.15, -0.1) is 11.3 Å². The van der Waals surface area contributed by atoms with E-state index in [1.54, 1.807) is 35.5 Å². The molecule has 0 saturated carbocycles. The van der Waals surface area contributed by atoms with Crippen LogP contribution in [0.15, 0.2) is 41.3 Å². The molecule has 1 saturated heterocycles. The third-order valence-electron chi connectivity index (χ3n) is 4.75. The number of thiazole rings is 1. The first-order valence-electron chi connectivity index (χ1n) is 9.01. The minimum absolute atomic E-state index is 0.0689. The van der Waals surface area contributed by atoms with Gasteiger partial charge in [-0.05, 0) is 25.0 Å². The van der Waals surface area contributed by atoms with Crippen LogP contribution in [0.25, 0.3) is 10.2 Å². The summed E-state index contributed by atoms with van der Waals surface area (Å²) >= 11 is 1.57. The average Bonchev–Trinajstić information content (AvgIpc) is 3.32. The van der Waals surface area contributed by atoms with Crippen molar-refractivity contribution in [3.05, 3.63) is 51.9 Å². The van der Waals surface area contributed by atoms with Gasteiger partial charge < -0.3 is 9.80 Å². The lowest BCUT2D eigenvalue weighted by Gasteiger charge is -2.18. The van der Waals surface area contributed by atoms with Crippen LogP contribution in [0.3, 0.4) is 0 Å². The molecule has 0 radical (unpaired) electrons. The first-order valence-corrected chi connectivity index (χ1v) is 9.82. The molecule has 0 N–H and O–H groups in total. The number of fused-ring (bicyclic) bond motifs is 1. The summed E-state index contributed by atoms with van der Waals surface area (Å²) in [6, 6.07) is 9.47. The number of aromatic nitrogens is 3. The van der Waals surface area contributed by atoms with Gasteiger partial charge in [0, 0.05) is 26.2 Å². The molecule has 140 valence electrons. The van der Waals surface area contributed by atoms with Gasteiger partial charge in [0.25, 0.3) is 5.56 Å². The zero-order valence-electron chi connectivity index (χ0n) is 15.2. The van der Waals surface area contributed by atoms with E-state index in [4.69, 9.17) is 0 Å². The lowest BCUT2D eigenvalue weighted by molar-refractivity contribution is -0.131. The number of carbonyl (C=O) groups is 1. The molecule has 0 unspecified atom stereocenters. The quantitative estimate of drug-likeness (QED) is 0.675. The highest BCUT2D eigenvalue weighted by Crippen LogP contribution is 2.22. The highest BCUT2D eigenvalue weighted by atomic mass is 32.1. The van der Waals surface area contributed by atoms with Gasteiger partial charge in [-0.1, -0.05) is 12.1 Å². The second-order valence-electron chi connectivity index (χ2n) is 6.73. The van der Waals surface area contributed by atoms with Crippen LogP contribution in [0, 0.1) is 0 Å². The van der Waals surface area contributed by atoms with Crippen LogP contribution >= 0.6 is 11.3 Å². The molecule has 0 spiro atoms. The molecule has 4 rings (SSSR count). The number of likely N-dealkylation sites (N-methyl/N-ethyl adjacent to an activating group) is 1. The zero-order chi connectivity index (χ0) is 18.8. The van der Waals surface area contributed by atoms with Crippen molar-refractivity contribution in [2.75, 3.05) is 25.0 Å². The number of rotatable bonds is 5. The summed E-state index contributed by atoms with van der Waals surface area (Å²) < 4.78 is 2.32. The Labute approximate surface area is 160 Å². The van der Waals surface area contributed by atoms with Gasteiger partial charge in [0.05, 0.1) is 28.6 Å². The number of para-hydroxylation sites is 1. The van der Waals surface area contributed by atoms with Crippen molar-refractivity contribution in [1.82, 2.24) is 19.7 Å². The summed E-state index contributed by atoms with van der Waals surface area (Å²) in [5.74, 6) is -0.169. The average molecular weight is 383 g/mol. The molecule has 1 aliphatic heterocycles. The van der Waals surface area contributed by atoms with E-state index >= 15 is 0 Å². The number of carbonyl (C=O) groups excluding carboxylic acids is 1. The molecule has 1 aliphatic rings. The smallest absolute Gasteiger partial charge is 0.269 e.